The van der Waals surface area contributed by atoms with Crippen LogP contribution in [0.2, 0.25) is 0 Å². The molecule has 0 aromatic carbocycles. The van der Waals surface area contributed by atoms with Crippen molar-refractivity contribution in [2.24, 2.45) is 0 Å². The highest BCUT2D eigenvalue weighted by atomic mass is 35.5. The predicted molar refractivity (Wildman–Crippen MR) is 56.3 cm³/mol. The van der Waals surface area contributed by atoms with E-state index in [0.29, 0.717) is 16.7 Å². The van der Waals surface area contributed by atoms with Gasteiger partial charge in [-0.15, -0.1) is 11.6 Å². The number of hydrogen-bond donors (Lipinski definition) is 0. The van der Waals surface area contributed by atoms with Crippen molar-refractivity contribution in [1.29, 1.82) is 0 Å². The molecule has 3 heteroatoms. The summed E-state index contributed by atoms with van der Waals surface area (Å²) in [6, 6.07) is 0. The standard InChI is InChI=1S/C11H11ClO2/c1-6(2)8-4-11(14)9(7(3)12)5-10(8)13/h4-5,7H,1H2,2-3H3. The molecule has 0 bridgehead atoms. The molecular formula is C11H11ClO2. The molecule has 0 radical (unpaired) electrons. The number of carbonyl (C=O) groups is 2. The van der Waals surface area contributed by atoms with Gasteiger partial charge in [-0.25, -0.2) is 0 Å². The summed E-state index contributed by atoms with van der Waals surface area (Å²) in [4.78, 5) is 23.0. The largest absolute Gasteiger partial charge is 0.290 e. The minimum atomic E-state index is -0.436. The third-order valence-corrected chi connectivity index (χ3v) is 2.24. The number of ketones is 2. The van der Waals surface area contributed by atoms with Gasteiger partial charge in [-0.2, -0.15) is 0 Å². The van der Waals surface area contributed by atoms with Gasteiger partial charge in [0.25, 0.3) is 0 Å². The maximum atomic E-state index is 11.5. The Morgan fingerprint density at radius 1 is 1.36 bits per heavy atom. The Bertz CT molecular complexity index is 373. The summed E-state index contributed by atoms with van der Waals surface area (Å²) in [5.74, 6) is -0.398. The van der Waals surface area contributed by atoms with E-state index in [9.17, 15) is 9.59 Å². The van der Waals surface area contributed by atoms with Crippen LogP contribution >= 0.6 is 11.6 Å². The van der Waals surface area contributed by atoms with Crippen LogP contribution in [0.15, 0.2) is 35.5 Å². The second-order valence-electron chi connectivity index (χ2n) is 3.28. The number of allylic oxidation sites excluding steroid dienone is 5. The van der Waals surface area contributed by atoms with Gasteiger partial charge in [0.05, 0.1) is 5.38 Å². The zero-order valence-corrected chi connectivity index (χ0v) is 8.89. The monoisotopic (exact) mass is 210 g/mol. The molecule has 0 aromatic rings. The van der Waals surface area contributed by atoms with Crippen molar-refractivity contribution in [3.63, 3.8) is 0 Å². The van der Waals surface area contributed by atoms with Gasteiger partial charge in [-0.05, 0) is 31.6 Å². The van der Waals surface area contributed by atoms with Gasteiger partial charge in [-0.3, -0.25) is 9.59 Å². The summed E-state index contributed by atoms with van der Waals surface area (Å²) < 4.78 is 0. The second kappa shape index (κ2) is 3.93. The summed E-state index contributed by atoms with van der Waals surface area (Å²) in [7, 11) is 0. The van der Waals surface area contributed by atoms with Crippen molar-refractivity contribution in [1.82, 2.24) is 0 Å². The topological polar surface area (TPSA) is 34.1 Å². The van der Waals surface area contributed by atoms with Crippen molar-refractivity contribution in [3.05, 3.63) is 35.5 Å². The Labute approximate surface area is 87.9 Å². The normalized spacial score (nSPS) is 18.8. The lowest BCUT2D eigenvalue weighted by Gasteiger charge is -2.13. The van der Waals surface area contributed by atoms with Gasteiger partial charge in [0.15, 0.2) is 11.6 Å². The number of carbonyl (C=O) groups excluding carboxylic acids is 2. The number of rotatable bonds is 2. The second-order valence-corrected chi connectivity index (χ2v) is 3.94. The first-order valence-corrected chi connectivity index (χ1v) is 4.69. The molecule has 0 saturated heterocycles. The van der Waals surface area contributed by atoms with E-state index in [4.69, 9.17) is 11.6 Å². The van der Waals surface area contributed by atoms with Crippen LogP contribution < -0.4 is 0 Å². The van der Waals surface area contributed by atoms with E-state index in [2.05, 4.69) is 6.58 Å². The van der Waals surface area contributed by atoms with E-state index in [1.54, 1.807) is 13.8 Å². The van der Waals surface area contributed by atoms with E-state index in [1.807, 2.05) is 0 Å². The SMILES string of the molecule is C=C(C)C1=CC(=O)C(C(C)Cl)=CC1=O. The zero-order chi connectivity index (χ0) is 10.9. The Hall–Kier alpha value is -1.15. The van der Waals surface area contributed by atoms with E-state index in [1.165, 1.54) is 12.2 Å². The minimum Gasteiger partial charge on any atom is -0.290 e. The van der Waals surface area contributed by atoms with Crippen LogP contribution in [0.3, 0.4) is 0 Å². The third-order valence-electron chi connectivity index (χ3n) is 2.00. The lowest BCUT2D eigenvalue weighted by Crippen LogP contribution is -2.18. The van der Waals surface area contributed by atoms with Crippen molar-refractivity contribution >= 4 is 23.2 Å². The number of alkyl halides is 1. The fraction of sp³-hybridized carbons (Fsp3) is 0.273. The van der Waals surface area contributed by atoms with Crippen molar-refractivity contribution < 1.29 is 9.59 Å². The molecule has 1 aliphatic carbocycles. The molecule has 0 aromatic heterocycles. The van der Waals surface area contributed by atoms with Crippen LogP contribution in [-0.2, 0) is 9.59 Å². The van der Waals surface area contributed by atoms with Crippen LogP contribution in [0.1, 0.15) is 13.8 Å². The molecule has 2 nitrogen and oxygen atoms in total. The van der Waals surface area contributed by atoms with Gasteiger partial charge < -0.3 is 0 Å². The molecule has 1 unspecified atom stereocenters. The average Bonchev–Trinajstić information content (AvgIpc) is 2.07. The molecule has 1 aliphatic rings. The molecule has 0 spiro atoms. The van der Waals surface area contributed by atoms with Gasteiger partial charge in [0.1, 0.15) is 0 Å². The smallest absolute Gasteiger partial charge is 0.186 e. The summed E-state index contributed by atoms with van der Waals surface area (Å²) in [5.41, 5.74) is 1.32. The van der Waals surface area contributed by atoms with Crippen molar-refractivity contribution in [2.75, 3.05) is 0 Å². The summed E-state index contributed by atoms with van der Waals surface area (Å²) >= 11 is 5.75. The van der Waals surface area contributed by atoms with Crippen LogP contribution in [0, 0.1) is 0 Å². The highest BCUT2D eigenvalue weighted by Crippen LogP contribution is 2.21. The Kier molecular flexibility index (Phi) is 3.06. The highest BCUT2D eigenvalue weighted by molar-refractivity contribution is 6.30. The fourth-order valence-electron chi connectivity index (χ4n) is 1.22. The molecule has 14 heavy (non-hydrogen) atoms. The number of halogens is 1. The molecule has 0 heterocycles. The lowest BCUT2D eigenvalue weighted by atomic mass is 9.92. The maximum Gasteiger partial charge on any atom is 0.186 e. The Balaban J connectivity index is 3.08. The summed E-state index contributed by atoms with van der Waals surface area (Å²) in [6.07, 6.45) is 2.60. The van der Waals surface area contributed by atoms with Gasteiger partial charge in [-0.1, -0.05) is 6.58 Å². The van der Waals surface area contributed by atoms with Crippen molar-refractivity contribution in [3.8, 4) is 0 Å². The van der Waals surface area contributed by atoms with Crippen LogP contribution in [0.5, 0.6) is 0 Å². The predicted octanol–water partition coefficient (Wildman–Crippen LogP) is 2.19. The lowest BCUT2D eigenvalue weighted by molar-refractivity contribution is -0.115. The van der Waals surface area contributed by atoms with Crippen LogP contribution in [0.4, 0.5) is 0 Å². The first kappa shape index (κ1) is 10.9. The molecule has 0 fully saturated rings. The first-order valence-electron chi connectivity index (χ1n) is 4.25. The zero-order valence-electron chi connectivity index (χ0n) is 8.13. The van der Waals surface area contributed by atoms with E-state index in [-0.39, 0.29) is 11.6 Å². The summed E-state index contributed by atoms with van der Waals surface area (Å²) in [6.45, 7) is 6.99. The highest BCUT2D eigenvalue weighted by Gasteiger charge is 2.22. The van der Waals surface area contributed by atoms with Crippen LogP contribution in [0.25, 0.3) is 0 Å². The average molecular weight is 211 g/mol. The first-order chi connectivity index (χ1) is 6.43. The molecule has 0 saturated carbocycles. The molecular weight excluding hydrogens is 200 g/mol. The molecule has 0 amide bonds. The van der Waals surface area contributed by atoms with Crippen molar-refractivity contribution in [2.45, 2.75) is 19.2 Å². The van der Waals surface area contributed by atoms with E-state index < -0.39 is 5.38 Å². The number of hydrogen-bond acceptors (Lipinski definition) is 2. The molecule has 0 N–H and O–H groups in total. The molecule has 0 aliphatic heterocycles. The van der Waals surface area contributed by atoms with E-state index >= 15 is 0 Å². The molecule has 74 valence electrons. The summed E-state index contributed by atoms with van der Waals surface area (Å²) in [5, 5.41) is -0.436. The van der Waals surface area contributed by atoms with Crippen LogP contribution in [-0.4, -0.2) is 16.9 Å². The van der Waals surface area contributed by atoms with E-state index in [0.717, 1.165) is 0 Å². The van der Waals surface area contributed by atoms with Gasteiger partial charge in [0.2, 0.25) is 0 Å². The minimum absolute atomic E-state index is 0.195. The van der Waals surface area contributed by atoms with Gasteiger partial charge in [0, 0.05) is 11.1 Å². The van der Waals surface area contributed by atoms with Gasteiger partial charge >= 0.3 is 0 Å². The third kappa shape index (κ3) is 2.02. The Morgan fingerprint density at radius 3 is 2.36 bits per heavy atom. The quantitative estimate of drug-likeness (QED) is 0.517. The molecule has 1 rings (SSSR count). The molecule has 1 atom stereocenters. The fourth-order valence-corrected chi connectivity index (χ4v) is 1.39. The Morgan fingerprint density at radius 2 is 1.93 bits per heavy atom. The maximum absolute atomic E-state index is 11.5.